The quantitative estimate of drug-likeness (QED) is 0.847. The van der Waals surface area contributed by atoms with E-state index in [0.717, 1.165) is 37.1 Å². The van der Waals surface area contributed by atoms with Gasteiger partial charge in [-0.25, -0.2) is 0 Å². The minimum Gasteiger partial charge on any atom is -0.313 e. The second-order valence-electron chi connectivity index (χ2n) is 5.13. The van der Waals surface area contributed by atoms with Crippen LogP contribution in [0.4, 0.5) is 0 Å². The van der Waals surface area contributed by atoms with Crippen LogP contribution in [-0.4, -0.2) is 21.1 Å². The molecule has 4 nitrogen and oxygen atoms in total. The second kappa shape index (κ2) is 5.33. The van der Waals surface area contributed by atoms with E-state index in [1.807, 2.05) is 18.7 Å². The maximum atomic E-state index is 9.16. The van der Waals surface area contributed by atoms with Crippen LogP contribution < -0.4 is 5.73 Å². The number of nitrogens with zero attached hydrogens (tertiary/aromatic N) is 3. The van der Waals surface area contributed by atoms with Gasteiger partial charge < -0.3 is 5.73 Å². The van der Waals surface area contributed by atoms with Crippen LogP contribution in [0.25, 0.3) is 0 Å². The topological polar surface area (TPSA) is 67.6 Å². The molecule has 2 atom stereocenters. The molecular formula is C13H20N4S. The first kappa shape index (κ1) is 13.4. The summed E-state index contributed by atoms with van der Waals surface area (Å²) in [5.74, 6) is 1.36. The van der Waals surface area contributed by atoms with Crippen molar-refractivity contribution in [1.29, 1.82) is 5.26 Å². The first-order valence-corrected chi connectivity index (χ1v) is 7.37. The highest BCUT2D eigenvalue weighted by Crippen LogP contribution is 2.36. The molecule has 2 rings (SSSR count). The number of rotatable bonds is 4. The first-order chi connectivity index (χ1) is 8.55. The van der Waals surface area contributed by atoms with E-state index in [9.17, 15) is 0 Å². The average Bonchev–Trinajstić information content (AvgIpc) is 2.84. The molecule has 0 bridgehead atoms. The maximum absolute atomic E-state index is 9.16. The normalized spacial score (nSPS) is 27.3. The third-order valence-corrected chi connectivity index (χ3v) is 4.87. The second-order valence-corrected chi connectivity index (χ2v) is 6.24. The molecule has 0 amide bonds. The number of thioether (sulfide) groups is 1. The molecule has 1 aliphatic carbocycles. The van der Waals surface area contributed by atoms with Crippen LogP contribution in [-0.2, 0) is 7.05 Å². The molecule has 1 heterocycles. The summed E-state index contributed by atoms with van der Waals surface area (Å²) in [6.07, 6.45) is 4.04. The summed E-state index contributed by atoms with van der Waals surface area (Å²) in [6, 6.07) is 4.40. The van der Waals surface area contributed by atoms with Gasteiger partial charge in [0.15, 0.2) is 0 Å². The molecular weight excluding hydrogens is 244 g/mol. The minimum atomic E-state index is -0.580. The molecule has 18 heavy (non-hydrogen) atoms. The van der Waals surface area contributed by atoms with Crippen LogP contribution in [0, 0.1) is 24.2 Å². The highest BCUT2D eigenvalue weighted by atomic mass is 32.2. The van der Waals surface area contributed by atoms with Crippen molar-refractivity contribution in [3.05, 3.63) is 11.8 Å². The number of nitriles is 1. The molecule has 1 aromatic heterocycles. The van der Waals surface area contributed by atoms with Crippen molar-refractivity contribution < 1.29 is 0 Å². The smallest absolute Gasteiger partial charge is 0.107 e. The summed E-state index contributed by atoms with van der Waals surface area (Å²) >= 11 is 1.80. The van der Waals surface area contributed by atoms with Gasteiger partial charge in [-0.05, 0) is 43.9 Å². The average molecular weight is 264 g/mol. The van der Waals surface area contributed by atoms with Gasteiger partial charge in [0.25, 0.3) is 0 Å². The Kier molecular flexibility index (Phi) is 3.98. The van der Waals surface area contributed by atoms with Gasteiger partial charge in [-0.1, -0.05) is 6.42 Å². The molecule has 0 spiro atoms. The Morgan fingerprint density at radius 2 is 2.50 bits per heavy atom. The fourth-order valence-corrected chi connectivity index (χ4v) is 3.77. The zero-order chi connectivity index (χ0) is 13.2. The Hall–Kier alpha value is -0.990. The molecule has 0 radical (unpaired) electrons. The summed E-state index contributed by atoms with van der Waals surface area (Å²) in [5, 5.41) is 14.7. The fourth-order valence-electron chi connectivity index (χ4n) is 2.68. The Balaban J connectivity index is 1.86. The lowest BCUT2D eigenvalue weighted by atomic mass is 9.88. The molecule has 1 saturated carbocycles. The SMILES string of the molecule is Cc1cc(SCCC2CCCC2(N)C#N)n(C)n1. The number of hydrogen-bond acceptors (Lipinski definition) is 4. The van der Waals surface area contributed by atoms with Crippen molar-refractivity contribution in [2.75, 3.05) is 5.75 Å². The largest absolute Gasteiger partial charge is 0.313 e. The molecule has 1 aliphatic rings. The number of hydrogen-bond donors (Lipinski definition) is 1. The molecule has 0 aliphatic heterocycles. The molecule has 0 saturated heterocycles. The van der Waals surface area contributed by atoms with Crippen molar-refractivity contribution in [1.82, 2.24) is 9.78 Å². The van der Waals surface area contributed by atoms with Crippen molar-refractivity contribution >= 4 is 11.8 Å². The summed E-state index contributed by atoms with van der Waals surface area (Å²) in [6.45, 7) is 2.00. The lowest BCUT2D eigenvalue weighted by molar-refractivity contribution is 0.389. The van der Waals surface area contributed by atoms with E-state index in [1.165, 1.54) is 5.03 Å². The predicted octanol–water partition coefficient (Wildman–Crippen LogP) is 2.23. The van der Waals surface area contributed by atoms with E-state index in [4.69, 9.17) is 11.0 Å². The van der Waals surface area contributed by atoms with E-state index in [2.05, 4.69) is 17.2 Å². The van der Waals surface area contributed by atoms with Crippen molar-refractivity contribution in [2.45, 2.75) is 43.2 Å². The van der Waals surface area contributed by atoms with Gasteiger partial charge in [0.1, 0.15) is 5.54 Å². The molecule has 5 heteroatoms. The molecule has 1 fully saturated rings. The first-order valence-electron chi connectivity index (χ1n) is 6.39. The van der Waals surface area contributed by atoms with Gasteiger partial charge in [-0.15, -0.1) is 11.8 Å². The van der Waals surface area contributed by atoms with Gasteiger partial charge in [0, 0.05) is 7.05 Å². The third kappa shape index (κ3) is 2.70. The molecule has 1 aromatic rings. The van der Waals surface area contributed by atoms with E-state index in [-0.39, 0.29) is 0 Å². The Bertz CT molecular complexity index is 462. The van der Waals surface area contributed by atoms with Crippen LogP contribution in [0.15, 0.2) is 11.1 Å². The fraction of sp³-hybridized carbons (Fsp3) is 0.692. The molecule has 2 N–H and O–H groups in total. The minimum absolute atomic E-state index is 0.351. The monoisotopic (exact) mass is 264 g/mol. The van der Waals surface area contributed by atoms with E-state index in [1.54, 1.807) is 11.8 Å². The van der Waals surface area contributed by atoms with E-state index >= 15 is 0 Å². The molecule has 0 aromatic carbocycles. The number of aryl methyl sites for hydroxylation is 2. The number of aromatic nitrogens is 2. The lowest BCUT2D eigenvalue weighted by Gasteiger charge is -2.23. The zero-order valence-corrected chi connectivity index (χ0v) is 11.8. The van der Waals surface area contributed by atoms with E-state index in [0.29, 0.717) is 5.92 Å². The highest BCUT2D eigenvalue weighted by Gasteiger charge is 2.39. The Morgan fingerprint density at radius 1 is 1.72 bits per heavy atom. The molecule has 2 unspecified atom stereocenters. The maximum Gasteiger partial charge on any atom is 0.107 e. The van der Waals surface area contributed by atoms with Crippen LogP contribution in [0.2, 0.25) is 0 Å². The van der Waals surface area contributed by atoms with E-state index < -0.39 is 5.54 Å². The highest BCUT2D eigenvalue weighted by molar-refractivity contribution is 7.99. The summed E-state index contributed by atoms with van der Waals surface area (Å²) in [5.41, 5.74) is 6.59. The van der Waals surface area contributed by atoms with Crippen LogP contribution >= 0.6 is 11.8 Å². The summed E-state index contributed by atoms with van der Waals surface area (Å²) in [4.78, 5) is 0. The van der Waals surface area contributed by atoms with Crippen molar-refractivity contribution in [3.63, 3.8) is 0 Å². The Morgan fingerprint density at radius 3 is 3.11 bits per heavy atom. The van der Waals surface area contributed by atoms with Crippen LogP contribution in [0.1, 0.15) is 31.4 Å². The van der Waals surface area contributed by atoms with Gasteiger partial charge >= 0.3 is 0 Å². The molecule has 98 valence electrons. The van der Waals surface area contributed by atoms with Gasteiger partial charge in [-0.3, -0.25) is 4.68 Å². The van der Waals surface area contributed by atoms with Gasteiger partial charge in [0.05, 0.1) is 16.8 Å². The summed E-state index contributed by atoms with van der Waals surface area (Å²) < 4.78 is 1.91. The third-order valence-electron chi connectivity index (χ3n) is 3.75. The number of nitrogens with two attached hydrogens (primary N) is 1. The standard InChI is InChI=1S/C13H20N4S/c1-10-8-12(17(2)16-10)18-7-5-11-4-3-6-13(11,15)9-14/h8,11H,3-7,15H2,1-2H3. The van der Waals surface area contributed by atoms with Crippen molar-refractivity contribution in [3.8, 4) is 6.07 Å². The Labute approximate surface area is 113 Å². The predicted molar refractivity (Wildman–Crippen MR) is 73.2 cm³/mol. The van der Waals surface area contributed by atoms with Gasteiger partial charge in [-0.2, -0.15) is 10.4 Å². The van der Waals surface area contributed by atoms with Crippen LogP contribution in [0.5, 0.6) is 0 Å². The van der Waals surface area contributed by atoms with Gasteiger partial charge in [0.2, 0.25) is 0 Å². The van der Waals surface area contributed by atoms with Crippen molar-refractivity contribution in [2.24, 2.45) is 18.7 Å². The lowest BCUT2D eigenvalue weighted by Crippen LogP contribution is -2.41. The zero-order valence-electron chi connectivity index (χ0n) is 11.0. The summed E-state index contributed by atoms with van der Waals surface area (Å²) in [7, 11) is 1.97. The van der Waals surface area contributed by atoms with Crippen LogP contribution in [0.3, 0.4) is 0 Å².